The smallest absolute Gasteiger partial charge is 0.162 e. The van der Waals surface area contributed by atoms with E-state index >= 15 is 0 Å². The second-order valence-corrected chi connectivity index (χ2v) is 6.22. The molecule has 0 atom stereocenters. The molecule has 5 nitrogen and oxygen atoms in total. The molecule has 0 aliphatic rings. The summed E-state index contributed by atoms with van der Waals surface area (Å²) in [4.78, 5) is 9.52. The molecule has 1 aromatic heterocycles. The van der Waals surface area contributed by atoms with E-state index in [1.54, 1.807) is 7.11 Å². The van der Waals surface area contributed by atoms with Crippen molar-refractivity contribution in [3.63, 3.8) is 0 Å². The molecular weight excluding hydrogens is 350 g/mol. The fourth-order valence-corrected chi connectivity index (χ4v) is 2.98. The van der Waals surface area contributed by atoms with Crippen molar-refractivity contribution in [2.24, 2.45) is 0 Å². The summed E-state index contributed by atoms with van der Waals surface area (Å²) in [7, 11) is 1.65. The summed E-state index contributed by atoms with van der Waals surface area (Å²) in [6.07, 6.45) is 0. The summed E-state index contributed by atoms with van der Waals surface area (Å²) in [6, 6.07) is 23.6. The monoisotopic (exact) mass is 371 g/mol. The van der Waals surface area contributed by atoms with Crippen molar-refractivity contribution in [2.45, 2.75) is 6.92 Å². The maximum absolute atomic E-state index is 5.51. The zero-order valence-corrected chi connectivity index (χ0v) is 15.8. The Bertz CT molecular complexity index is 1080. The molecule has 28 heavy (non-hydrogen) atoms. The van der Waals surface area contributed by atoms with E-state index < -0.39 is 0 Å². The average Bonchev–Trinajstić information content (AvgIpc) is 2.75. The third-order valence-electron chi connectivity index (χ3n) is 4.38. The lowest BCUT2D eigenvalue weighted by Gasteiger charge is -2.12. The molecule has 3 aromatic carbocycles. The van der Waals surface area contributed by atoms with E-state index in [1.807, 2.05) is 79.7 Å². The Labute approximate surface area is 164 Å². The summed E-state index contributed by atoms with van der Waals surface area (Å²) < 4.78 is 10.8. The van der Waals surface area contributed by atoms with Gasteiger partial charge in [0.15, 0.2) is 5.82 Å². The maximum atomic E-state index is 5.51. The van der Waals surface area contributed by atoms with Gasteiger partial charge in [-0.1, -0.05) is 12.1 Å². The van der Waals surface area contributed by atoms with Crippen LogP contribution in [0.3, 0.4) is 0 Å². The largest absolute Gasteiger partial charge is 0.497 e. The number of rotatable bonds is 6. The first-order chi connectivity index (χ1) is 13.8. The molecule has 0 unspecified atom stereocenters. The van der Waals surface area contributed by atoms with E-state index in [4.69, 9.17) is 19.4 Å². The van der Waals surface area contributed by atoms with Crippen LogP contribution in [-0.2, 0) is 0 Å². The lowest BCUT2D eigenvalue weighted by molar-refractivity contribution is 0.340. The zero-order chi connectivity index (χ0) is 19.3. The Morgan fingerprint density at radius 1 is 0.821 bits per heavy atom. The minimum atomic E-state index is 0.647. The molecule has 0 aliphatic carbocycles. The van der Waals surface area contributed by atoms with Gasteiger partial charge in [-0.25, -0.2) is 9.97 Å². The van der Waals surface area contributed by atoms with E-state index in [-0.39, 0.29) is 0 Å². The van der Waals surface area contributed by atoms with Crippen LogP contribution in [0, 0.1) is 0 Å². The molecule has 0 spiro atoms. The quantitative estimate of drug-likeness (QED) is 0.488. The Morgan fingerprint density at radius 2 is 1.54 bits per heavy atom. The number of hydrogen-bond acceptors (Lipinski definition) is 5. The minimum Gasteiger partial charge on any atom is -0.497 e. The van der Waals surface area contributed by atoms with Gasteiger partial charge < -0.3 is 14.8 Å². The number of ether oxygens (including phenoxy) is 2. The molecule has 0 radical (unpaired) electrons. The molecule has 0 aliphatic heterocycles. The van der Waals surface area contributed by atoms with E-state index in [9.17, 15) is 0 Å². The molecule has 1 heterocycles. The first-order valence-electron chi connectivity index (χ1n) is 9.18. The van der Waals surface area contributed by atoms with Crippen LogP contribution >= 0.6 is 0 Å². The molecule has 0 bridgehead atoms. The second kappa shape index (κ2) is 7.96. The van der Waals surface area contributed by atoms with Crippen molar-refractivity contribution in [3.05, 3.63) is 72.8 Å². The number of methoxy groups -OCH3 is 1. The van der Waals surface area contributed by atoms with Gasteiger partial charge in [-0.05, 0) is 67.6 Å². The number of nitrogens with zero attached hydrogens (tertiary/aromatic N) is 2. The molecule has 5 heteroatoms. The highest BCUT2D eigenvalue weighted by Crippen LogP contribution is 2.28. The Kier molecular flexibility index (Phi) is 5.06. The first-order valence-corrected chi connectivity index (χ1v) is 9.18. The highest BCUT2D eigenvalue weighted by molar-refractivity contribution is 5.92. The number of fused-ring (bicyclic) bond motifs is 1. The number of hydrogen-bond donors (Lipinski definition) is 1. The van der Waals surface area contributed by atoms with Gasteiger partial charge in [0, 0.05) is 16.6 Å². The summed E-state index contributed by atoms with van der Waals surface area (Å²) >= 11 is 0. The van der Waals surface area contributed by atoms with E-state index in [1.165, 1.54) is 0 Å². The predicted octanol–water partition coefficient (Wildman–Crippen LogP) is 5.45. The van der Waals surface area contributed by atoms with Crippen LogP contribution in [0.1, 0.15) is 6.92 Å². The number of benzene rings is 3. The van der Waals surface area contributed by atoms with E-state index in [0.29, 0.717) is 12.4 Å². The van der Waals surface area contributed by atoms with E-state index in [0.717, 1.165) is 39.5 Å². The Hall–Kier alpha value is -3.60. The molecule has 0 amide bonds. The van der Waals surface area contributed by atoms with Crippen molar-refractivity contribution in [1.82, 2.24) is 9.97 Å². The third kappa shape index (κ3) is 3.74. The summed E-state index contributed by atoms with van der Waals surface area (Å²) in [6.45, 7) is 2.62. The zero-order valence-electron chi connectivity index (χ0n) is 15.8. The van der Waals surface area contributed by atoms with Crippen LogP contribution in [0.25, 0.3) is 22.3 Å². The van der Waals surface area contributed by atoms with Gasteiger partial charge in [0.2, 0.25) is 0 Å². The molecule has 1 N–H and O–H groups in total. The lowest BCUT2D eigenvalue weighted by Crippen LogP contribution is -1.99. The minimum absolute atomic E-state index is 0.647. The van der Waals surface area contributed by atoms with Crippen LogP contribution in [0.2, 0.25) is 0 Å². The van der Waals surface area contributed by atoms with Gasteiger partial charge in [-0.2, -0.15) is 0 Å². The van der Waals surface area contributed by atoms with Crippen LogP contribution in [0.5, 0.6) is 11.5 Å². The number of nitrogens with one attached hydrogen (secondary N) is 1. The van der Waals surface area contributed by atoms with Gasteiger partial charge >= 0.3 is 0 Å². The van der Waals surface area contributed by atoms with Crippen LogP contribution in [-0.4, -0.2) is 23.7 Å². The number of anilines is 2. The third-order valence-corrected chi connectivity index (χ3v) is 4.38. The van der Waals surface area contributed by atoms with Crippen molar-refractivity contribution in [3.8, 4) is 22.9 Å². The molecule has 0 saturated carbocycles. The average molecular weight is 371 g/mol. The SMILES string of the molecule is CCOc1ccc(Nc2nc(-c3ccc(OC)cc3)nc3ccccc23)cc1. The fourth-order valence-electron chi connectivity index (χ4n) is 2.98. The first kappa shape index (κ1) is 17.8. The van der Waals surface area contributed by atoms with Gasteiger partial charge in [-0.15, -0.1) is 0 Å². The summed E-state index contributed by atoms with van der Waals surface area (Å²) in [5.41, 5.74) is 2.76. The van der Waals surface area contributed by atoms with Crippen molar-refractivity contribution < 1.29 is 9.47 Å². The Morgan fingerprint density at radius 3 is 2.25 bits per heavy atom. The van der Waals surface area contributed by atoms with Crippen LogP contribution < -0.4 is 14.8 Å². The van der Waals surface area contributed by atoms with E-state index in [2.05, 4.69) is 5.32 Å². The number of para-hydroxylation sites is 1. The number of aromatic nitrogens is 2. The summed E-state index contributed by atoms with van der Waals surface area (Å²) in [5.74, 6) is 3.08. The van der Waals surface area contributed by atoms with Crippen LogP contribution in [0.4, 0.5) is 11.5 Å². The molecule has 0 saturated heterocycles. The second-order valence-electron chi connectivity index (χ2n) is 6.22. The molecule has 0 fully saturated rings. The standard InChI is InChI=1S/C23H21N3O2/c1-3-28-19-14-10-17(11-15-19)24-23-20-6-4-5-7-21(20)25-22(26-23)16-8-12-18(27-2)13-9-16/h4-15H,3H2,1-2H3,(H,24,25,26). The molecule has 4 rings (SSSR count). The predicted molar refractivity (Wildman–Crippen MR) is 112 cm³/mol. The molecular formula is C23H21N3O2. The fraction of sp³-hybridized carbons (Fsp3) is 0.130. The summed E-state index contributed by atoms with van der Waals surface area (Å²) in [5, 5.41) is 4.38. The molecule has 140 valence electrons. The normalized spacial score (nSPS) is 10.6. The van der Waals surface area contributed by atoms with Gasteiger partial charge in [0.05, 0.1) is 19.2 Å². The van der Waals surface area contributed by atoms with Gasteiger partial charge in [0.25, 0.3) is 0 Å². The lowest BCUT2D eigenvalue weighted by atomic mass is 10.1. The topological polar surface area (TPSA) is 56.3 Å². The maximum Gasteiger partial charge on any atom is 0.162 e. The molecule has 4 aromatic rings. The van der Waals surface area contributed by atoms with Crippen molar-refractivity contribution in [2.75, 3.05) is 19.0 Å². The van der Waals surface area contributed by atoms with Crippen molar-refractivity contribution >= 4 is 22.4 Å². The highest BCUT2D eigenvalue weighted by Gasteiger charge is 2.10. The van der Waals surface area contributed by atoms with Gasteiger partial charge in [0.1, 0.15) is 17.3 Å². The Balaban J connectivity index is 1.73. The van der Waals surface area contributed by atoms with Crippen molar-refractivity contribution in [1.29, 1.82) is 0 Å². The van der Waals surface area contributed by atoms with Crippen LogP contribution in [0.15, 0.2) is 72.8 Å². The van der Waals surface area contributed by atoms with Gasteiger partial charge in [-0.3, -0.25) is 0 Å². The highest BCUT2D eigenvalue weighted by atomic mass is 16.5.